The number of fused-ring (bicyclic) bond motifs is 1. The fourth-order valence-corrected chi connectivity index (χ4v) is 3.21. The van der Waals surface area contributed by atoms with Crippen molar-refractivity contribution in [3.63, 3.8) is 0 Å². The maximum absolute atomic E-state index is 13.0. The van der Waals surface area contributed by atoms with Crippen LogP contribution in [-0.2, 0) is 6.42 Å². The normalized spacial score (nSPS) is 10.7. The maximum Gasteiger partial charge on any atom is 0.292 e. The number of rotatable bonds is 5. The number of amides is 2. The second kappa shape index (κ2) is 7.98. The van der Waals surface area contributed by atoms with E-state index in [0.29, 0.717) is 11.2 Å². The predicted octanol–water partition coefficient (Wildman–Crippen LogP) is 4.40. The van der Waals surface area contributed by atoms with Crippen LogP contribution >= 0.6 is 0 Å². The number of pyridine rings is 1. The van der Waals surface area contributed by atoms with Gasteiger partial charge in [-0.05, 0) is 42.3 Å². The Hall–Kier alpha value is -3.93. The zero-order valence-electron chi connectivity index (χ0n) is 15.9. The molecular weight excluding hydrogens is 364 g/mol. The molecule has 0 unspecified atom stereocenters. The van der Waals surface area contributed by atoms with Crippen molar-refractivity contribution in [3.8, 4) is 0 Å². The average Bonchev–Trinajstić information content (AvgIpc) is 3.15. The highest BCUT2D eigenvalue weighted by Gasteiger charge is 2.22. The van der Waals surface area contributed by atoms with Gasteiger partial charge in [0.1, 0.15) is 0 Å². The number of aryl methyl sites for hydroxylation is 1. The van der Waals surface area contributed by atoms with Crippen molar-refractivity contribution < 1.29 is 9.59 Å². The van der Waals surface area contributed by atoms with Gasteiger partial charge < -0.3 is 10.6 Å². The Morgan fingerprint density at radius 3 is 2.38 bits per heavy atom. The van der Waals surface area contributed by atoms with E-state index in [1.807, 2.05) is 55.5 Å². The van der Waals surface area contributed by atoms with Crippen LogP contribution in [0.25, 0.3) is 5.52 Å². The number of nitrogens with one attached hydrogen (secondary N) is 2. The molecule has 144 valence electrons. The van der Waals surface area contributed by atoms with Gasteiger partial charge in [0, 0.05) is 17.6 Å². The Kier molecular flexibility index (Phi) is 5.07. The van der Waals surface area contributed by atoms with E-state index < -0.39 is 0 Å². The Balaban J connectivity index is 1.68. The quantitative estimate of drug-likeness (QED) is 0.535. The van der Waals surface area contributed by atoms with Crippen molar-refractivity contribution in [2.75, 3.05) is 10.6 Å². The number of para-hydroxylation sites is 2. The molecule has 2 heterocycles. The summed E-state index contributed by atoms with van der Waals surface area (Å²) < 4.78 is 1.62. The predicted molar refractivity (Wildman–Crippen MR) is 113 cm³/mol. The number of anilines is 2. The third-order valence-electron chi connectivity index (χ3n) is 4.64. The molecule has 0 radical (unpaired) electrons. The molecule has 0 aliphatic carbocycles. The van der Waals surface area contributed by atoms with E-state index in [9.17, 15) is 9.59 Å². The first-order chi connectivity index (χ1) is 14.2. The molecule has 0 bridgehead atoms. The van der Waals surface area contributed by atoms with Crippen LogP contribution in [0.1, 0.15) is 33.6 Å². The Labute approximate surface area is 168 Å². The van der Waals surface area contributed by atoms with E-state index in [0.717, 1.165) is 17.7 Å². The van der Waals surface area contributed by atoms with Crippen molar-refractivity contribution in [1.82, 2.24) is 9.38 Å². The van der Waals surface area contributed by atoms with Gasteiger partial charge in [-0.15, -0.1) is 0 Å². The molecule has 6 nitrogen and oxygen atoms in total. The SMILES string of the molecule is CCc1ccccc1NC(=O)c1nc(C(=O)Nc2ccccc2)n2ccccc12. The van der Waals surface area contributed by atoms with E-state index in [1.165, 1.54) is 0 Å². The molecule has 2 aromatic heterocycles. The average molecular weight is 384 g/mol. The number of carbonyl (C=O) groups excluding carboxylic acids is 2. The highest BCUT2D eigenvalue weighted by molar-refractivity contribution is 6.10. The van der Waals surface area contributed by atoms with Crippen molar-refractivity contribution in [2.45, 2.75) is 13.3 Å². The summed E-state index contributed by atoms with van der Waals surface area (Å²) in [6.07, 6.45) is 2.52. The largest absolute Gasteiger partial charge is 0.320 e. The van der Waals surface area contributed by atoms with E-state index in [1.54, 1.807) is 34.9 Å². The van der Waals surface area contributed by atoms with Crippen LogP contribution in [0.4, 0.5) is 11.4 Å². The first kappa shape index (κ1) is 18.4. The van der Waals surface area contributed by atoms with Gasteiger partial charge in [-0.1, -0.05) is 49.4 Å². The molecular formula is C23H20N4O2. The molecule has 0 saturated heterocycles. The molecule has 0 atom stereocenters. The lowest BCUT2D eigenvalue weighted by Crippen LogP contribution is -2.16. The van der Waals surface area contributed by atoms with E-state index in [4.69, 9.17) is 0 Å². The Bertz CT molecular complexity index is 1180. The number of imidazole rings is 1. The van der Waals surface area contributed by atoms with Crippen LogP contribution in [0.3, 0.4) is 0 Å². The van der Waals surface area contributed by atoms with Gasteiger partial charge in [0.05, 0.1) is 5.52 Å². The van der Waals surface area contributed by atoms with Gasteiger partial charge in [0.2, 0.25) is 5.82 Å². The van der Waals surface area contributed by atoms with Gasteiger partial charge in [-0.2, -0.15) is 0 Å². The van der Waals surface area contributed by atoms with E-state index >= 15 is 0 Å². The molecule has 0 saturated carbocycles. The second-order valence-corrected chi connectivity index (χ2v) is 6.52. The highest BCUT2D eigenvalue weighted by Crippen LogP contribution is 2.20. The van der Waals surface area contributed by atoms with Crippen LogP contribution in [0.2, 0.25) is 0 Å². The fourth-order valence-electron chi connectivity index (χ4n) is 3.21. The number of aromatic nitrogens is 2. The molecule has 6 heteroatoms. The second-order valence-electron chi connectivity index (χ2n) is 6.52. The van der Waals surface area contributed by atoms with Crippen molar-refractivity contribution in [2.24, 2.45) is 0 Å². The minimum atomic E-state index is -0.384. The molecule has 0 spiro atoms. The summed E-state index contributed by atoms with van der Waals surface area (Å²) in [5, 5.41) is 5.74. The summed E-state index contributed by atoms with van der Waals surface area (Å²) in [6, 6.07) is 22.2. The van der Waals surface area contributed by atoms with Gasteiger partial charge >= 0.3 is 0 Å². The summed E-state index contributed by atoms with van der Waals surface area (Å²) >= 11 is 0. The molecule has 0 fully saturated rings. The number of benzene rings is 2. The van der Waals surface area contributed by atoms with Crippen LogP contribution in [0, 0.1) is 0 Å². The Morgan fingerprint density at radius 2 is 1.59 bits per heavy atom. The lowest BCUT2D eigenvalue weighted by Gasteiger charge is -2.08. The number of hydrogen-bond acceptors (Lipinski definition) is 3. The lowest BCUT2D eigenvalue weighted by atomic mass is 10.1. The Morgan fingerprint density at radius 1 is 0.862 bits per heavy atom. The smallest absolute Gasteiger partial charge is 0.292 e. The summed E-state index contributed by atoms with van der Waals surface area (Å²) in [4.78, 5) is 30.1. The molecule has 29 heavy (non-hydrogen) atoms. The van der Waals surface area contributed by atoms with Crippen LogP contribution in [0.5, 0.6) is 0 Å². The molecule has 4 aromatic rings. The first-order valence-electron chi connectivity index (χ1n) is 9.40. The van der Waals surface area contributed by atoms with Crippen LogP contribution < -0.4 is 10.6 Å². The van der Waals surface area contributed by atoms with Crippen molar-refractivity contribution >= 4 is 28.7 Å². The molecule has 2 amide bonds. The van der Waals surface area contributed by atoms with Crippen LogP contribution in [0.15, 0.2) is 79.0 Å². The molecule has 4 rings (SSSR count). The van der Waals surface area contributed by atoms with Gasteiger partial charge in [0.15, 0.2) is 5.69 Å². The molecule has 0 aliphatic rings. The number of hydrogen-bond donors (Lipinski definition) is 2. The van der Waals surface area contributed by atoms with E-state index in [2.05, 4.69) is 15.6 Å². The number of nitrogens with zero attached hydrogens (tertiary/aromatic N) is 2. The van der Waals surface area contributed by atoms with Gasteiger partial charge in [0.25, 0.3) is 11.8 Å². The number of carbonyl (C=O) groups is 2. The summed E-state index contributed by atoms with van der Waals surface area (Å²) in [5.41, 5.74) is 3.21. The summed E-state index contributed by atoms with van der Waals surface area (Å²) in [6.45, 7) is 2.03. The van der Waals surface area contributed by atoms with Crippen LogP contribution in [-0.4, -0.2) is 21.2 Å². The standard InChI is InChI=1S/C23H20N4O2/c1-2-16-10-6-7-13-18(16)25-22(28)20-19-14-8-9-15-27(19)21(26-20)23(29)24-17-11-4-3-5-12-17/h3-15H,2H2,1H3,(H,24,29)(H,25,28). The zero-order chi connectivity index (χ0) is 20.2. The van der Waals surface area contributed by atoms with E-state index in [-0.39, 0.29) is 23.3 Å². The lowest BCUT2D eigenvalue weighted by molar-refractivity contribution is 0.101. The molecule has 0 aliphatic heterocycles. The van der Waals surface area contributed by atoms with Gasteiger partial charge in [-0.3, -0.25) is 14.0 Å². The topological polar surface area (TPSA) is 75.5 Å². The van der Waals surface area contributed by atoms with Crippen molar-refractivity contribution in [1.29, 1.82) is 0 Å². The monoisotopic (exact) mass is 384 g/mol. The third-order valence-corrected chi connectivity index (χ3v) is 4.64. The first-order valence-corrected chi connectivity index (χ1v) is 9.40. The zero-order valence-corrected chi connectivity index (χ0v) is 15.9. The third kappa shape index (κ3) is 3.73. The summed E-state index contributed by atoms with van der Waals surface area (Å²) in [5.74, 6) is -0.586. The van der Waals surface area contributed by atoms with Crippen molar-refractivity contribution in [3.05, 3.63) is 96.1 Å². The summed E-state index contributed by atoms with van der Waals surface area (Å²) in [7, 11) is 0. The van der Waals surface area contributed by atoms with Gasteiger partial charge in [-0.25, -0.2) is 4.98 Å². The highest BCUT2D eigenvalue weighted by atomic mass is 16.2. The molecule has 2 aromatic carbocycles. The maximum atomic E-state index is 13.0. The minimum absolute atomic E-state index is 0.151. The molecule has 2 N–H and O–H groups in total. The minimum Gasteiger partial charge on any atom is -0.320 e. The fraction of sp³-hybridized carbons (Fsp3) is 0.0870.